The van der Waals surface area contributed by atoms with Crippen LogP contribution in [0.2, 0.25) is 0 Å². The fourth-order valence-electron chi connectivity index (χ4n) is 1.23. The number of thiazole rings is 1. The van der Waals surface area contributed by atoms with Gasteiger partial charge in [-0.25, -0.2) is 0 Å². The summed E-state index contributed by atoms with van der Waals surface area (Å²) in [6.07, 6.45) is 0. The molecule has 1 atom stereocenters. The van der Waals surface area contributed by atoms with Gasteiger partial charge in [-0.2, -0.15) is 0 Å². The van der Waals surface area contributed by atoms with Crippen LogP contribution in [0.25, 0.3) is 0 Å². The van der Waals surface area contributed by atoms with E-state index in [1.807, 2.05) is 6.92 Å². The average molecular weight is 186 g/mol. The first kappa shape index (κ1) is 9.48. The highest BCUT2D eigenvalue weighted by molar-refractivity contribution is 7.09. The Morgan fingerprint density at radius 1 is 1.67 bits per heavy atom. The normalized spacial score (nSPS) is 13.2. The van der Waals surface area contributed by atoms with Crippen LogP contribution in [0.3, 0.4) is 0 Å². The van der Waals surface area contributed by atoms with Crippen molar-refractivity contribution in [3.63, 3.8) is 0 Å². The third kappa shape index (κ3) is 1.95. The summed E-state index contributed by atoms with van der Waals surface area (Å²) in [5.74, 6) is 0. The van der Waals surface area contributed by atoms with Crippen LogP contribution in [-0.4, -0.2) is 11.5 Å². The summed E-state index contributed by atoms with van der Waals surface area (Å²) in [5.41, 5.74) is 0.985. The first-order valence-electron chi connectivity index (χ1n) is 4.08. The Kier molecular flexibility index (Phi) is 3.05. The summed E-state index contributed by atoms with van der Waals surface area (Å²) < 4.78 is 0. The first-order valence-corrected chi connectivity index (χ1v) is 4.89. The summed E-state index contributed by atoms with van der Waals surface area (Å²) >= 11 is 1.29. The van der Waals surface area contributed by atoms with Gasteiger partial charge in [-0.1, -0.05) is 18.3 Å². The van der Waals surface area contributed by atoms with Gasteiger partial charge in [0.05, 0.1) is 0 Å². The minimum Gasteiger partial charge on any atom is -0.317 e. The molecule has 1 aromatic heterocycles. The van der Waals surface area contributed by atoms with Gasteiger partial charge in [0.1, 0.15) is 0 Å². The number of hydrogen-bond acceptors (Lipinski definition) is 3. The molecule has 0 aliphatic heterocycles. The van der Waals surface area contributed by atoms with Crippen molar-refractivity contribution < 1.29 is 0 Å². The third-order valence-electron chi connectivity index (χ3n) is 1.77. The molecule has 0 aromatic carbocycles. The molecule has 12 heavy (non-hydrogen) atoms. The minimum absolute atomic E-state index is 0.0345. The number of aryl methyl sites for hydroxylation is 1. The van der Waals surface area contributed by atoms with E-state index in [0.29, 0.717) is 0 Å². The van der Waals surface area contributed by atoms with E-state index >= 15 is 0 Å². The van der Waals surface area contributed by atoms with Crippen LogP contribution in [0.5, 0.6) is 0 Å². The van der Waals surface area contributed by atoms with Crippen molar-refractivity contribution in [3.8, 4) is 0 Å². The van der Waals surface area contributed by atoms with Gasteiger partial charge < -0.3 is 10.3 Å². The van der Waals surface area contributed by atoms with Crippen molar-refractivity contribution in [1.82, 2.24) is 10.3 Å². The Morgan fingerprint density at radius 3 is 2.75 bits per heavy atom. The smallest absolute Gasteiger partial charge is 0.304 e. The number of aromatic nitrogens is 1. The third-order valence-corrected chi connectivity index (χ3v) is 2.93. The van der Waals surface area contributed by atoms with Gasteiger partial charge in [0.15, 0.2) is 0 Å². The molecule has 0 fully saturated rings. The van der Waals surface area contributed by atoms with Crippen molar-refractivity contribution >= 4 is 11.3 Å². The van der Waals surface area contributed by atoms with E-state index in [1.54, 1.807) is 0 Å². The lowest BCUT2D eigenvalue weighted by molar-refractivity contribution is 0.603. The van der Waals surface area contributed by atoms with Crippen molar-refractivity contribution in [2.45, 2.75) is 26.8 Å². The molecule has 68 valence electrons. The molecule has 0 saturated carbocycles. The fraction of sp³-hybridized carbons (Fsp3) is 0.625. The molecular formula is C8H14N2OS. The van der Waals surface area contributed by atoms with Crippen LogP contribution in [0.15, 0.2) is 4.79 Å². The molecule has 0 radical (unpaired) electrons. The monoisotopic (exact) mass is 186 g/mol. The van der Waals surface area contributed by atoms with Gasteiger partial charge in [-0.3, -0.25) is 4.79 Å². The second-order valence-corrected chi connectivity index (χ2v) is 3.80. The van der Waals surface area contributed by atoms with Gasteiger partial charge in [-0.15, -0.1) is 0 Å². The van der Waals surface area contributed by atoms with Crippen LogP contribution >= 0.6 is 11.3 Å². The molecule has 0 aliphatic rings. The van der Waals surface area contributed by atoms with E-state index < -0.39 is 0 Å². The largest absolute Gasteiger partial charge is 0.317 e. The van der Waals surface area contributed by atoms with Gasteiger partial charge in [0, 0.05) is 16.6 Å². The molecule has 1 rings (SSSR count). The standard InChI is InChI=1S/C8H14N2OS/c1-4-9-5(2)7-6(3)10-8(11)12-7/h5,9H,4H2,1-3H3,(H,10,11). The fourth-order valence-corrected chi connectivity index (χ4v) is 2.10. The van der Waals surface area contributed by atoms with Crippen LogP contribution < -0.4 is 10.2 Å². The molecule has 1 unspecified atom stereocenters. The zero-order valence-corrected chi connectivity index (χ0v) is 8.42. The lowest BCUT2D eigenvalue weighted by atomic mass is 10.2. The molecule has 2 N–H and O–H groups in total. The van der Waals surface area contributed by atoms with E-state index in [9.17, 15) is 4.79 Å². The second-order valence-electron chi connectivity index (χ2n) is 2.78. The Balaban J connectivity index is 2.86. The Hall–Kier alpha value is -0.610. The van der Waals surface area contributed by atoms with Gasteiger partial charge in [-0.05, 0) is 20.4 Å². The molecule has 1 heterocycles. The highest BCUT2D eigenvalue weighted by atomic mass is 32.1. The molecule has 1 aromatic rings. The van der Waals surface area contributed by atoms with Crippen LogP contribution in [0.1, 0.15) is 30.5 Å². The summed E-state index contributed by atoms with van der Waals surface area (Å²) in [4.78, 5) is 14.9. The highest BCUT2D eigenvalue weighted by Crippen LogP contribution is 2.17. The Labute approximate surface area is 75.8 Å². The van der Waals surface area contributed by atoms with Crippen LogP contribution in [0, 0.1) is 6.92 Å². The predicted octanol–water partition coefficient (Wildman–Crippen LogP) is 1.42. The van der Waals surface area contributed by atoms with Gasteiger partial charge in [0.25, 0.3) is 0 Å². The van der Waals surface area contributed by atoms with Crippen LogP contribution in [0.4, 0.5) is 0 Å². The van der Waals surface area contributed by atoms with E-state index in [0.717, 1.165) is 17.1 Å². The van der Waals surface area contributed by atoms with Crippen molar-refractivity contribution in [2.24, 2.45) is 0 Å². The molecule has 0 amide bonds. The highest BCUT2D eigenvalue weighted by Gasteiger charge is 2.10. The van der Waals surface area contributed by atoms with Gasteiger partial charge >= 0.3 is 4.87 Å². The molecule has 0 bridgehead atoms. The van der Waals surface area contributed by atoms with Crippen molar-refractivity contribution in [1.29, 1.82) is 0 Å². The molecule has 4 heteroatoms. The van der Waals surface area contributed by atoms with E-state index in [1.165, 1.54) is 11.3 Å². The summed E-state index contributed by atoms with van der Waals surface area (Å²) in [6, 6.07) is 0.277. The summed E-state index contributed by atoms with van der Waals surface area (Å²) in [7, 11) is 0. The second kappa shape index (κ2) is 3.87. The quantitative estimate of drug-likeness (QED) is 0.749. The maximum Gasteiger partial charge on any atom is 0.304 e. The maximum absolute atomic E-state index is 11.0. The lowest BCUT2D eigenvalue weighted by Gasteiger charge is -2.09. The van der Waals surface area contributed by atoms with Crippen molar-refractivity contribution in [2.75, 3.05) is 6.54 Å². The number of aromatic amines is 1. The maximum atomic E-state index is 11.0. The molecular weight excluding hydrogens is 172 g/mol. The molecule has 0 saturated heterocycles. The number of nitrogens with one attached hydrogen (secondary N) is 2. The summed E-state index contributed by atoms with van der Waals surface area (Å²) in [6.45, 7) is 6.98. The Morgan fingerprint density at radius 2 is 2.33 bits per heavy atom. The number of hydrogen-bond donors (Lipinski definition) is 2. The predicted molar refractivity (Wildman–Crippen MR) is 51.8 cm³/mol. The Bertz CT molecular complexity index is 302. The van der Waals surface area contributed by atoms with E-state index in [2.05, 4.69) is 24.1 Å². The molecule has 0 spiro atoms. The van der Waals surface area contributed by atoms with Crippen LogP contribution in [-0.2, 0) is 0 Å². The van der Waals surface area contributed by atoms with Crippen molar-refractivity contribution in [3.05, 3.63) is 20.2 Å². The number of H-pyrrole nitrogens is 1. The topological polar surface area (TPSA) is 44.9 Å². The van der Waals surface area contributed by atoms with E-state index in [-0.39, 0.29) is 10.9 Å². The number of rotatable bonds is 3. The lowest BCUT2D eigenvalue weighted by Crippen LogP contribution is -2.17. The van der Waals surface area contributed by atoms with Gasteiger partial charge in [0.2, 0.25) is 0 Å². The summed E-state index contributed by atoms with van der Waals surface area (Å²) in [5, 5.41) is 3.27. The molecule has 3 nitrogen and oxygen atoms in total. The minimum atomic E-state index is 0.0345. The van der Waals surface area contributed by atoms with E-state index in [4.69, 9.17) is 0 Å². The zero-order valence-electron chi connectivity index (χ0n) is 7.60. The zero-order chi connectivity index (χ0) is 9.14. The SMILES string of the molecule is CCNC(C)c1sc(=O)[nH]c1C. The first-order chi connectivity index (χ1) is 5.65. The molecule has 0 aliphatic carbocycles. The average Bonchev–Trinajstić information content (AvgIpc) is 2.30.